The van der Waals surface area contributed by atoms with E-state index < -0.39 is 10.0 Å². The number of aryl methyl sites for hydroxylation is 3. The molecule has 6 heteroatoms. The van der Waals surface area contributed by atoms with Gasteiger partial charge in [0.2, 0.25) is 0 Å². The van der Waals surface area contributed by atoms with E-state index in [1.165, 1.54) is 6.07 Å². The smallest absolute Gasteiger partial charge is 0.262 e. The van der Waals surface area contributed by atoms with Crippen molar-refractivity contribution in [3.8, 4) is 0 Å². The number of benzene rings is 3. The second-order valence-electron chi connectivity index (χ2n) is 7.55. The van der Waals surface area contributed by atoms with Gasteiger partial charge in [0.1, 0.15) is 0 Å². The summed E-state index contributed by atoms with van der Waals surface area (Å²) < 4.78 is 28.6. The Labute approximate surface area is 178 Å². The molecule has 1 amide bonds. The van der Waals surface area contributed by atoms with Gasteiger partial charge in [-0.15, -0.1) is 0 Å². The molecule has 0 aliphatic rings. The van der Waals surface area contributed by atoms with Crippen LogP contribution < -0.4 is 4.72 Å². The van der Waals surface area contributed by atoms with Crippen LogP contribution in [-0.2, 0) is 16.6 Å². The zero-order valence-corrected chi connectivity index (χ0v) is 18.5. The first-order valence-corrected chi connectivity index (χ1v) is 11.2. The SMILES string of the molecule is Cc1ccc(CN(C)C(=O)c2ccc(C)c(S(=O)(=O)Nc3ccccc3C)c2)cc1. The van der Waals surface area contributed by atoms with Gasteiger partial charge in [-0.05, 0) is 55.7 Å². The lowest BCUT2D eigenvalue weighted by molar-refractivity contribution is 0.0785. The van der Waals surface area contributed by atoms with Crippen LogP contribution in [0.3, 0.4) is 0 Å². The molecule has 3 rings (SSSR count). The summed E-state index contributed by atoms with van der Waals surface area (Å²) in [5.74, 6) is -0.233. The Morgan fingerprint density at radius 2 is 1.57 bits per heavy atom. The normalized spacial score (nSPS) is 11.2. The Bertz CT molecular complexity index is 1170. The number of carbonyl (C=O) groups excluding carboxylic acids is 1. The van der Waals surface area contributed by atoms with Crippen molar-refractivity contribution in [2.45, 2.75) is 32.2 Å². The van der Waals surface area contributed by atoms with Gasteiger partial charge >= 0.3 is 0 Å². The molecular weight excluding hydrogens is 396 g/mol. The van der Waals surface area contributed by atoms with Gasteiger partial charge in [0.15, 0.2) is 0 Å². The number of rotatable bonds is 6. The van der Waals surface area contributed by atoms with E-state index in [2.05, 4.69) is 4.72 Å². The minimum Gasteiger partial charge on any atom is -0.337 e. The summed E-state index contributed by atoms with van der Waals surface area (Å²) in [6.07, 6.45) is 0. The van der Waals surface area contributed by atoms with E-state index >= 15 is 0 Å². The van der Waals surface area contributed by atoms with Gasteiger partial charge in [0, 0.05) is 19.2 Å². The average Bonchev–Trinajstić information content (AvgIpc) is 2.71. The highest BCUT2D eigenvalue weighted by Gasteiger charge is 2.21. The van der Waals surface area contributed by atoms with Crippen molar-refractivity contribution in [3.63, 3.8) is 0 Å². The first-order chi connectivity index (χ1) is 14.2. The maximum atomic E-state index is 13.0. The Balaban J connectivity index is 1.85. The molecule has 3 aromatic carbocycles. The minimum atomic E-state index is -3.83. The number of sulfonamides is 1. The second-order valence-corrected chi connectivity index (χ2v) is 9.20. The van der Waals surface area contributed by atoms with Crippen molar-refractivity contribution in [2.75, 3.05) is 11.8 Å². The van der Waals surface area contributed by atoms with E-state index in [1.807, 2.05) is 50.2 Å². The molecule has 0 aliphatic heterocycles. The molecule has 156 valence electrons. The summed E-state index contributed by atoms with van der Waals surface area (Å²) in [6, 6.07) is 19.9. The van der Waals surface area contributed by atoms with Gasteiger partial charge in [-0.2, -0.15) is 0 Å². The van der Waals surface area contributed by atoms with Crippen LogP contribution in [0, 0.1) is 20.8 Å². The summed E-state index contributed by atoms with van der Waals surface area (Å²) in [6.45, 7) is 6.01. The van der Waals surface area contributed by atoms with Crippen molar-refractivity contribution < 1.29 is 13.2 Å². The molecule has 3 aromatic rings. The lowest BCUT2D eigenvalue weighted by atomic mass is 10.1. The predicted molar refractivity (Wildman–Crippen MR) is 120 cm³/mol. The van der Waals surface area contributed by atoms with Crippen LogP contribution >= 0.6 is 0 Å². The molecule has 0 saturated carbocycles. The quantitative estimate of drug-likeness (QED) is 0.627. The molecule has 0 fully saturated rings. The van der Waals surface area contributed by atoms with E-state index in [0.29, 0.717) is 23.4 Å². The third kappa shape index (κ3) is 4.89. The third-order valence-electron chi connectivity index (χ3n) is 5.00. The average molecular weight is 423 g/mol. The molecule has 0 bridgehead atoms. The molecule has 0 aliphatic carbocycles. The highest BCUT2D eigenvalue weighted by molar-refractivity contribution is 7.92. The number of anilines is 1. The molecule has 0 saturated heterocycles. The Hall–Kier alpha value is -3.12. The van der Waals surface area contributed by atoms with Crippen molar-refractivity contribution in [3.05, 3.63) is 94.5 Å². The molecule has 0 heterocycles. The number of nitrogens with one attached hydrogen (secondary N) is 1. The standard InChI is InChI=1S/C24H26N2O3S/c1-17-9-12-20(13-10-17)16-26(4)24(27)21-14-11-19(3)23(15-21)30(28,29)25-22-8-6-5-7-18(22)2/h5-15,25H,16H2,1-4H3. The van der Waals surface area contributed by atoms with Crippen molar-refractivity contribution in [1.29, 1.82) is 0 Å². The second kappa shape index (κ2) is 8.71. The van der Waals surface area contributed by atoms with E-state index in [0.717, 1.165) is 16.7 Å². The lowest BCUT2D eigenvalue weighted by Gasteiger charge is -2.19. The van der Waals surface area contributed by atoms with Crippen LogP contribution in [0.1, 0.15) is 32.6 Å². The third-order valence-corrected chi connectivity index (χ3v) is 6.51. The molecule has 0 spiro atoms. The van der Waals surface area contributed by atoms with Crippen LogP contribution in [-0.4, -0.2) is 26.3 Å². The maximum Gasteiger partial charge on any atom is 0.262 e. The predicted octanol–water partition coefficient (Wildman–Crippen LogP) is 4.68. The van der Waals surface area contributed by atoms with Gasteiger partial charge in [-0.25, -0.2) is 8.42 Å². The molecule has 1 N–H and O–H groups in total. The number of para-hydroxylation sites is 1. The number of amides is 1. The molecule has 0 radical (unpaired) electrons. The molecular formula is C24H26N2O3S. The van der Waals surface area contributed by atoms with Crippen LogP contribution in [0.5, 0.6) is 0 Å². The summed E-state index contributed by atoms with van der Waals surface area (Å²) in [7, 11) is -2.12. The Morgan fingerprint density at radius 1 is 0.900 bits per heavy atom. The monoisotopic (exact) mass is 422 g/mol. The van der Waals surface area contributed by atoms with E-state index in [1.54, 1.807) is 43.1 Å². The fraction of sp³-hybridized carbons (Fsp3) is 0.208. The summed E-state index contributed by atoms with van der Waals surface area (Å²) in [5, 5.41) is 0. The highest BCUT2D eigenvalue weighted by atomic mass is 32.2. The number of nitrogens with zero attached hydrogens (tertiary/aromatic N) is 1. The van der Waals surface area contributed by atoms with Gasteiger partial charge < -0.3 is 4.90 Å². The zero-order valence-electron chi connectivity index (χ0n) is 17.6. The molecule has 5 nitrogen and oxygen atoms in total. The fourth-order valence-corrected chi connectivity index (χ4v) is 4.57. The first kappa shape index (κ1) is 21.6. The van der Waals surface area contributed by atoms with E-state index in [4.69, 9.17) is 0 Å². The van der Waals surface area contributed by atoms with Crippen molar-refractivity contribution in [2.24, 2.45) is 0 Å². The number of hydrogen-bond acceptors (Lipinski definition) is 3. The van der Waals surface area contributed by atoms with Gasteiger partial charge in [-0.3, -0.25) is 9.52 Å². The van der Waals surface area contributed by atoms with Crippen molar-refractivity contribution in [1.82, 2.24) is 4.90 Å². The van der Waals surface area contributed by atoms with Crippen LogP contribution in [0.2, 0.25) is 0 Å². The first-order valence-electron chi connectivity index (χ1n) is 9.67. The Morgan fingerprint density at radius 3 is 2.23 bits per heavy atom. The molecule has 0 aromatic heterocycles. The fourth-order valence-electron chi connectivity index (χ4n) is 3.17. The lowest BCUT2D eigenvalue weighted by Crippen LogP contribution is -2.26. The zero-order chi connectivity index (χ0) is 21.9. The van der Waals surface area contributed by atoms with Gasteiger partial charge in [-0.1, -0.05) is 54.1 Å². The highest BCUT2D eigenvalue weighted by Crippen LogP contribution is 2.23. The number of hydrogen-bond donors (Lipinski definition) is 1. The summed E-state index contributed by atoms with van der Waals surface area (Å²) in [5.41, 5.74) is 4.42. The molecule has 0 atom stereocenters. The van der Waals surface area contributed by atoms with E-state index in [9.17, 15) is 13.2 Å². The van der Waals surface area contributed by atoms with Crippen LogP contribution in [0.25, 0.3) is 0 Å². The largest absolute Gasteiger partial charge is 0.337 e. The summed E-state index contributed by atoms with van der Waals surface area (Å²) >= 11 is 0. The van der Waals surface area contributed by atoms with Gasteiger partial charge in [0.05, 0.1) is 10.6 Å². The molecule has 30 heavy (non-hydrogen) atoms. The Kier molecular flexibility index (Phi) is 6.27. The van der Waals surface area contributed by atoms with Crippen LogP contribution in [0.15, 0.2) is 71.6 Å². The van der Waals surface area contributed by atoms with E-state index in [-0.39, 0.29) is 10.8 Å². The van der Waals surface area contributed by atoms with Crippen molar-refractivity contribution >= 4 is 21.6 Å². The summed E-state index contributed by atoms with van der Waals surface area (Å²) in [4.78, 5) is 14.6. The van der Waals surface area contributed by atoms with Crippen LogP contribution in [0.4, 0.5) is 5.69 Å². The van der Waals surface area contributed by atoms with Gasteiger partial charge in [0.25, 0.3) is 15.9 Å². The molecule has 0 unspecified atom stereocenters. The minimum absolute atomic E-state index is 0.0975. The topological polar surface area (TPSA) is 66.5 Å². The number of carbonyl (C=O) groups is 1. The maximum absolute atomic E-state index is 13.0.